The smallest absolute Gasteiger partial charge is 0.243 e. The second kappa shape index (κ2) is 3.24. The third-order valence-corrected chi connectivity index (χ3v) is 3.51. The Bertz CT molecular complexity index is 412. The molecule has 0 aromatic heterocycles. The van der Waals surface area contributed by atoms with E-state index in [1.54, 1.807) is 0 Å². The van der Waals surface area contributed by atoms with E-state index in [1.165, 1.54) is 5.56 Å². The molecule has 1 saturated carbocycles. The van der Waals surface area contributed by atoms with E-state index in [4.69, 9.17) is 0 Å². The van der Waals surface area contributed by atoms with Crippen LogP contribution in [0.1, 0.15) is 25.3 Å². The maximum atomic E-state index is 12.0. The number of carbonyl (C=O) groups is 1. The zero-order valence-corrected chi connectivity index (χ0v) is 9.42. The molecule has 16 heavy (non-hydrogen) atoms. The average molecular weight is 216 g/mol. The third kappa shape index (κ3) is 1.66. The predicted molar refractivity (Wildman–Crippen MR) is 63.3 cm³/mol. The largest absolute Gasteiger partial charge is 0.373 e. The lowest BCUT2D eigenvalue weighted by Crippen LogP contribution is -2.44. The van der Waals surface area contributed by atoms with Gasteiger partial charge < -0.3 is 10.6 Å². The van der Waals surface area contributed by atoms with Gasteiger partial charge in [-0.05, 0) is 31.4 Å². The lowest BCUT2D eigenvalue weighted by Gasteiger charge is -2.16. The van der Waals surface area contributed by atoms with Gasteiger partial charge in [-0.3, -0.25) is 4.79 Å². The second-order valence-corrected chi connectivity index (χ2v) is 5.11. The first-order chi connectivity index (χ1) is 7.66. The van der Waals surface area contributed by atoms with Crippen molar-refractivity contribution in [2.45, 2.75) is 37.8 Å². The fraction of sp³-hybridized carbons (Fsp3) is 0.462. The van der Waals surface area contributed by atoms with Gasteiger partial charge in [-0.25, -0.2) is 0 Å². The molecule has 1 aliphatic heterocycles. The lowest BCUT2D eigenvalue weighted by atomic mass is 10.1. The van der Waals surface area contributed by atoms with E-state index >= 15 is 0 Å². The predicted octanol–water partition coefficient (Wildman–Crippen LogP) is 1.69. The zero-order chi connectivity index (χ0) is 11.2. The van der Waals surface area contributed by atoms with Gasteiger partial charge in [0.25, 0.3) is 0 Å². The van der Waals surface area contributed by atoms with Gasteiger partial charge in [-0.1, -0.05) is 18.2 Å². The Hall–Kier alpha value is -1.51. The van der Waals surface area contributed by atoms with E-state index in [1.807, 2.05) is 18.2 Å². The molecule has 0 saturated heterocycles. The highest BCUT2D eigenvalue weighted by atomic mass is 16.2. The van der Waals surface area contributed by atoms with E-state index in [-0.39, 0.29) is 17.5 Å². The third-order valence-electron chi connectivity index (χ3n) is 3.51. The summed E-state index contributed by atoms with van der Waals surface area (Å²) in [5.74, 6) is 0.135. The molecule has 1 atom stereocenters. The van der Waals surface area contributed by atoms with Gasteiger partial charge in [0.05, 0.1) is 0 Å². The summed E-state index contributed by atoms with van der Waals surface area (Å²) in [6.45, 7) is 2.10. The molecule has 1 amide bonds. The van der Waals surface area contributed by atoms with Gasteiger partial charge in [0.1, 0.15) is 6.04 Å². The van der Waals surface area contributed by atoms with E-state index in [2.05, 4.69) is 23.6 Å². The number of anilines is 1. The maximum Gasteiger partial charge on any atom is 0.243 e. The number of carbonyl (C=O) groups excluding carboxylic acids is 1. The molecule has 0 radical (unpaired) electrons. The number of rotatable bonds is 2. The van der Waals surface area contributed by atoms with Crippen molar-refractivity contribution in [3.63, 3.8) is 0 Å². The highest BCUT2D eigenvalue weighted by molar-refractivity contribution is 5.88. The number of hydrogen-bond acceptors (Lipinski definition) is 2. The van der Waals surface area contributed by atoms with Crippen LogP contribution in [0.3, 0.4) is 0 Å². The van der Waals surface area contributed by atoms with Crippen molar-refractivity contribution in [3.05, 3.63) is 29.8 Å². The molecule has 1 aromatic carbocycles. The molecule has 1 aromatic rings. The van der Waals surface area contributed by atoms with Gasteiger partial charge in [0, 0.05) is 17.6 Å². The summed E-state index contributed by atoms with van der Waals surface area (Å²) in [6, 6.07) is 8.03. The normalized spacial score (nSPS) is 24.4. The zero-order valence-electron chi connectivity index (χ0n) is 9.42. The Balaban J connectivity index is 1.69. The summed E-state index contributed by atoms with van der Waals surface area (Å²) in [5.41, 5.74) is 2.42. The Morgan fingerprint density at radius 3 is 2.88 bits per heavy atom. The van der Waals surface area contributed by atoms with Crippen LogP contribution in [-0.4, -0.2) is 17.5 Å². The summed E-state index contributed by atoms with van der Waals surface area (Å²) in [7, 11) is 0. The van der Waals surface area contributed by atoms with Crippen molar-refractivity contribution >= 4 is 11.6 Å². The number of hydrogen-bond donors (Lipinski definition) is 2. The number of amides is 1. The van der Waals surface area contributed by atoms with Crippen LogP contribution in [-0.2, 0) is 11.2 Å². The van der Waals surface area contributed by atoms with Crippen molar-refractivity contribution < 1.29 is 4.79 Å². The topological polar surface area (TPSA) is 41.1 Å². The standard InChI is InChI=1S/C13H16N2O/c1-13(6-7-13)15-12(16)11-8-9-4-2-3-5-10(9)14-11/h2-5,11,14H,6-8H2,1H3,(H,15,16). The minimum atomic E-state index is -0.0881. The van der Waals surface area contributed by atoms with E-state index < -0.39 is 0 Å². The second-order valence-electron chi connectivity index (χ2n) is 5.11. The first-order valence-corrected chi connectivity index (χ1v) is 5.83. The number of fused-ring (bicyclic) bond motifs is 1. The first kappa shape index (κ1) is 9.70. The molecule has 2 N–H and O–H groups in total. The minimum Gasteiger partial charge on any atom is -0.373 e. The molecule has 1 unspecified atom stereocenters. The summed E-state index contributed by atoms with van der Waals surface area (Å²) < 4.78 is 0. The Morgan fingerprint density at radius 1 is 1.44 bits per heavy atom. The number of benzene rings is 1. The monoisotopic (exact) mass is 216 g/mol. The average Bonchev–Trinajstić information content (AvgIpc) is 2.82. The lowest BCUT2D eigenvalue weighted by molar-refractivity contribution is -0.122. The van der Waals surface area contributed by atoms with Crippen molar-refractivity contribution in [3.8, 4) is 0 Å². The molecule has 3 nitrogen and oxygen atoms in total. The molecule has 3 heteroatoms. The number of para-hydroxylation sites is 1. The quantitative estimate of drug-likeness (QED) is 0.790. The Morgan fingerprint density at radius 2 is 2.19 bits per heavy atom. The molecular weight excluding hydrogens is 200 g/mol. The molecule has 0 spiro atoms. The Kier molecular flexibility index (Phi) is 1.96. The highest BCUT2D eigenvalue weighted by Gasteiger charge is 2.40. The molecular formula is C13H16N2O. The van der Waals surface area contributed by atoms with Crippen LogP contribution in [0.2, 0.25) is 0 Å². The summed E-state index contributed by atoms with van der Waals surface area (Å²) in [5, 5.41) is 6.38. The van der Waals surface area contributed by atoms with Crippen LogP contribution in [0.5, 0.6) is 0 Å². The van der Waals surface area contributed by atoms with Crippen molar-refractivity contribution in [1.29, 1.82) is 0 Å². The maximum absolute atomic E-state index is 12.0. The molecule has 84 valence electrons. The van der Waals surface area contributed by atoms with Crippen LogP contribution in [0.25, 0.3) is 0 Å². The fourth-order valence-electron chi connectivity index (χ4n) is 2.15. The van der Waals surface area contributed by atoms with Gasteiger partial charge in [0.15, 0.2) is 0 Å². The highest BCUT2D eigenvalue weighted by Crippen LogP contribution is 2.35. The molecule has 3 rings (SSSR count). The van der Waals surface area contributed by atoms with Crippen molar-refractivity contribution in [2.75, 3.05) is 5.32 Å². The Labute approximate surface area is 95.2 Å². The summed E-state index contributed by atoms with van der Waals surface area (Å²) in [4.78, 5) is 12.0. The molecule has 1 fully saturated rings. The van der Waals surface area contributed by atoms with Gasteiger partial charge in [-0.2, -0.15) is 0 Å². The molecule has 1 aliphatic carbocycles. The molecule has 1 heterocycles. The van der Waals surface area contributed by atoms with Gasteiger partial charge in [-0.15, -0.1) is 0 Å². The van der Waals surface area contributed by atoms with E-state index in [0.717, 1.165) is 24.9 Å². The number of nitrogens with one attached hydrogen (secondary N) is 2. The van der Waals surface area contributed by atoms with Crippen LogP contribution >= 0.6 is 0 Å². The summed E-state index contributed by atoms with van der Waals surface area (Å²) >= 11 is 0. The first-order valence-electron chi connectivity index (χ1n) is 5.83. The fourth-order valence-corrected chi connectivity index (χ4v) is 2.15. The molecule has 2 aliphatic rings. The van der Waals surface area contributed by atoms with Crippen LogP contribution < -0.4 is 10.6 Å². The van der Waals surface area contributed by atoms with E-state index in [9.17, 15) is 4.79 Å². The van der Waals surface area contributed by atoms with Crippen LogP contribution in [0.15, 0.2) is 24.3 Å². The minimum absolute atomic E-state index is 0.0769. The van der Waals surface area contributed by atoms with Gasteiger partial charge in [0.2, 0.25) is 5.91 Å². The van der Waals surface area contributed by atoms with Crippen LogP contribution in [0.4, 0.5) is 5.69 Å². The van der Waals surface area contributed by atoms with Gasteiger partial charge >= 0.3 is 0 Å². The van der Waals surface area contributed by atoms with Crippen molar-refractivity contribution in [2.24, 2.45) is 0 Å². The molecule has 0 bridgehead atoms. The van der Waals surface area contributed by atoms with Crippen LogP contribution in [0, 0.1) is 0 Å². The summed E-state index contributed by atoms with van der Waals surface area (Å²) in [6.07, 6.45) is 3.02. The van der Waals surface area contributed by atoms with E-state index in [0.29, 0.717) is 0 Å². The van der Waals surface area contributed by atoms with Crippen molar-refractivity contribution in [1.82, 2.24) is 5.32 Å². The SMILES string of the molecule is CC1(NC(=O)C2Cc3ccccc3N2)CC1.